The van der Waals surface area contributed by atoms with Crippen LogP contribution in [0.2, 0.25) is 5.02 Å². The van der Waals surface area contributed by atoms with E-state index >= 15 is 4.39 Å². The van der Waals surface area contributed by atoms with Gasteiger partial charge in [0.1, 0.15) is 24.4 Å². The van der Waals surface area contributed by atoms with Gasteiger partial charge in [0.25, 0.3) is 0 Å². The van der Waals surface area contributed by atoms with Gasteiger partial charge in [0, 0.05) is 23.2 Å². The van der Waals surface area contributed by atoms with Crippen LogP contribution < -0.4 is 9.47 Å². The molecule has 1 aliphatic heterocycles. The zero-order valence-corrected chi connectivity index (χ0v) is 22.4. The minimum absolute atomic E-state index is 0.0658. The van der Waals surface area contributed by atoms with Crippen molar-refractivity contribution in [1.82, 2.24) is 24.8 Å². The molecule has 2 aromatic carbocycles. The summed E-state index contributed by atoms with van der Waals surface area (Å²) in [6.45, 7) is 2.34. The van der Waals surface area contributed by atoms with Crippen LogP contribution >= 0.6 is 11.6 Å². The van der Waals surface area contributed by atoms with Crippen molar-refractivity contribution in [3.8, 4) is 17.2 Å². The van der Waals surface area contributed by atoms with Gasteiger partial charge in [-0.2, -0.15) is 4.80 Å². The second-order valence-corrected chi connectivity index (χ2v) is 9.22. The van der Waals surface area contributed by atoms with Gasteiger partial charge in [-0.05, 0) is 54.6 Å². The first-order chi connectivity index (χ1) is 18.9. The van der Waals surface area contributed by atoms with E-state index in [9.17, 15) is 4.79 Å². The summed E-state index contributed by atoms with van der Waals surface area (Å²) in [6, 6.07) is 12.1. The summed E-state index contributed by atoms with van der Waals surface area (Å²) in [4.78, 5) is 13.2. The number of nitrogens with zero attached hydrogens (tertiary/aromatic N) is 5. The highest BCUT2D eigenvalue weighted by atomic mass is 35.5. The summed E-state index contributed by atoms with van der Waals surface area (Å²) in [7, 11) is 2.95. The van der Waals surface area contributed by atoms with E-state index in [1.54, 1.807) is 19.1 Å². The molecular formula is C27H27ClFN5O5. The fourth-order valence-electron chi connectivity index (χ4n) is 4.76. The first-order valence-corrected chi connectivity index (χ1v) is 12.8. The monoisotopic (exact) mass is 555 g/mol. The van der Waals surface area contributed by atoms with Crippen molar-refractivity contribution in [3.05, 3.63) is 82.1 Å². The molecule has 39 heavy (non-hydrogen) atoms. The molecule has 0 bridgehead atoms. The number of ether oxygens (including phenoxy) is 4. The SMILES string of the molecule is CCOC(=O)Cc1nnn(CC[C@H]2O[C@H](c3c(F)ccc(OC)c3OC)c3cc(Cl)ccc3-n3cccc32)n1. The van der Waals surface area contributed by atoms with Crippen LogP contribution in [-0.2, 0) is 27.2 Å². The Kier molecular flexibility index (Phi) is 7.80. The van der Waals surface area contributed by atoms with Gasteiger partial charge in [0.15, 0.2) is 17.3 Å². The zero-order valence-electron chi connectivity index (χ0n) is 21.6. The molecule has 204 valence electrons. The van der Waals surface area contributed by atoms with E-state index in [1.807, 2.05) is 29.0 Å². The Bertz CT molecular complexity index is 1490. The molecule has 0 saturated carbocycles. The third-order valence-corrected chi connectivity index (χ3v) is 6.66. The Morgan fingerprint density at radius 2 is 2.03 bits per heavy atom. The summed E-state index contributed by atoms with van der Waals surface area (Å²) in [5.41, 5.74) is 2.53. The topological polar surface area (TPSA) is 103 Å². The van der Waals surface area contributed by atoms with Crippen LogP contribution in [0.3, 0.4) is 0 Å². The Labute approximate surface area is 229 Å². The Hall–Kier alpha value is -3.96. The highest BCUT2D eigenvalue weighted by Gasteiger charge is 2.35. The number of carbonyl (C=O) groups excluding carboxylic acids is 1. The molecule has 0 fully saturated rings. The molecule has 12 heteroatoms. The second-order valence-electron chi connectivity index (χ2n) is 8.78. The first-order valence-electron chi connectivity index (χ1n) is 12.4. The maximum absolute atomic E-state index is 15.5. The largest absolute Gasteiger partial charge is 0.493 e. The summed E-state index contributed by atoms with van der Waals surface area (Å²) >= 11 is 6.42. The predicted molar refractivity (Wildman–Crippen MR) is 139 cm³/mol. The summed E-state index contributed by atoms with van der Waals surface area (Å²) < 4.78 is 40.2. The lowest BCUT2D eigenvalue weighted by Gasteiger charge is -2.25. The van der Waals surface area contributed by atoms with E-state index in [0.717, 1.165) is 11.4 Å². The molecule has 2 atom stereocenters. The lowest BCUT2D eigenvalue weighted by Crippen LogP contribution is -2.16. The number of esters is 1. The summed E-state index contributed by atoms with van der Waals surface area (Å²) in [6.07, 6.45) is 0.892. The average Bonchev–Trinajstić information content (AvgIpc) is 3.56. The molecule has 10 nitrogen and oxygen atoms in total. The summed E-state index contributed by atoms with van der Waals surface area (Å²) in [5, 5.41) is 12.8. The predicted octanol–water partition coefficient (Wildman–Crippen LogP) is 4.63. The number of carbonyl (C=O) groups is 1. The van der Waals surface area contributed by atoms with Crippen molar-refractivity contribution in [2.45, 2.75) is 38.5 Å². The maximum Gasteiger partial charge on any atom is 0.313 e. The van der Waals surface area contributed by atoms with E-state index in [4.69, 9.17) is 30.5 Å². The van der Waals surface area contributed by atoms with Crippen LogP contribution in [-0.4, -0.2) is 51.6 Å². The highest BCUT2D eigenvalue weighted by Crippen LogP contribution is 2.47. The average molecular weight is 556 g/mol. The number of tetrazole rings is 1. The number of aryl methyl sites for hydroxylation is 1. The van der Waals surface area contributed by atoms with Gasteiger partial charge in [-0.1, -0.05) is 11.6 Å². The van der Waals surface area contributed by atoms with Crippen molar-refractivity contribution in [3.63, 3.8) is 0 Å². The molecular weight excluding hydrogens is 529 g/mol. The second kappa shape index (κ2) is 11.4. The number of hydrogen-bond donors (Lipinski definition) is 0. The van der Waals surface area contributed by atoms with Crippen molar-refractivity contribution >= 4 is 17.6 Å². The smallest absolute Gasteiger partial charge is 0.313 e. The first kappa shape index (κ1) is 26.6. The quantitative estimate of drug-likeness (QED) is 0.275. The highest BCUT2D eigenvalue weighted by molar-refractivity contribution is 6.30. The zero-order chi connectivity index (χ0) is 27.5. The van der Waals surface area contributed by atoms with Crippen molar-refractivity contribution in [2.24, 2.45) is 0 Å². The van der Waals surface area contributed by atoms with Gasteiger partial charge in [0.2, 0.25) is 0 Å². The molecule has 0 radical (unpaired) electrons. The number of fused-ring (bicyclic) bond motifs is 3. The molecule has 0 spiro atoms. The van der Waals surface area contributed by atoms with E-state index in [1.165, 1.54) is 31.1 Å². The molecule has 0 unspecified atom stereocenters. The van der Waals surface area contributed by atoms with Crippen LogP contribution in [0.1, 0.15) is 48.2 Å². The fraction of sp³-hybridized carbons (Fsp3) is 0.333. The van der Waals surface area contributed by atoms with E-state index in [0.29, 0.717) is 29.3 Å². The van der Waals surface area contributed by atoms with Gasteiger partial charge in [0.05, 0.1) is 44.3 Å². The van der Waals surface area contributed by atoms with Crippen LogP contribution in [0.15, 0.2) is 48.7 Å². The maximum atomic E-state index is 15.5. The molecule has 1 aliphatic rings. The molecule has 0 N–H and O–H groups in total. The lowest BCUT2D eigenvalue weighted by atomic mass is 9.97. The molecule has 2 aromatic heterocycles. The Balaban J connectivity index is 1.52. The van der Waals surface area contributed by atoms with E-state index < -0.39 is 24.0 Å². The normalized spacial score (nSPS) is 16.2. The van der Waals surface area contributed by atoms with Gasteiger partial charge in [-0.15, -0.1) is 10.2 Å². The number of methoxy groups -OCH3 is 2. The number of halogens is 2. The third kappa shape index (κ3) is 5.32. The van der Waals surface area contributed by atoms with Gasteiger partial charge >= 0.3 is 5.97 Å². The summed E-state index contributed by atoms with van der Waals surface area (Å²) in [5.74, 6) is -0.0459. The number of rotatable bonds is 9. The number of aromatic nitrogens is 5. The van der Waals surface area contributed by atoms with Gasteiger partial charge < -0.3 is 23.5 Å². The van der Waals surface area contributed by atoms with Crippen molar-refractivity contribution in [2.75, 3.05) is 20.8 Å². The van der Waals surface area contributed by atoms with Gasteiger partial charge in [-0.3, -0.25) is 4.79 Å². The standard InChI is InChI=1S/C27H27ClFN5O5/c1-4-38-24(35)15-23-30-32-34(31-23)13-11-21-20-6-5-12-33(20)19-9-7-16(28)14-17(19)26(39-21)25-18(29)8-10-22(36-2)27(25)37-3/h5-10,12,14,21,26H,4,11,13,15H2,1-3H3/t21-,26+/m1/s1. The number of hydrogen-bond acceptors (Lipinski definition) is 8. The lowest BCUT2D eigenvalue weighted by molar-refractivity contribution is -0.142. The molecule has 0 saturated heterocycles. The van der Waals surface area contributed by atoms with E-state index in [-0.39, 0.29) is 30.2 Å². The van der Waals surface area contributed by atoms with Crippen molar-refractivity contribution < 1.29 is 28.1 Å². The van der Waals surface area contributed by atoms with Crippen molar-refractivity contribution in [1.29, 1.82) is 0 Å². The minimum Gasteiger partial charge on any atom is -0.493 e. The van der Waals surface area contributed by atoms with Crippen LogP contribution in [0.25, 0.3) is 5.69 Å². The molecule has 0 amide bonds. The molecule has 3 heterocycles. The van der Waals surface area contributed by atoms with Crippen LogP contribution in [0.5, 0.6) is 11.5 Å². The number of benzene rings is 2. The molecule has 5 rings (SSSR count). The Morgan fingerprint density at radius 3 is 2.79 bits per heavy atom. The third-order valence-electron chi connectivity index (χ3n) is 6.43. The molecule has 0 aliphatic carbocycles. The minimum atomic E-state index is -0.878. The van der Waals surface area contributed by atoms with Crippen LogP contribution in [0, 0.1) is 5.82 Å². The van der Waals surface area contributed by atoms with E-state index in [2.05, 4.69) is 15.4 Å². The fourth-order valence-corrected chi connectivity index (χ4v) is 4.94. The molecule has 4 aromatic rings. The Morgan fingerprint density at radius 1 is 1.18 bits per heavy atom. The van der Waals surface area contributed by atoms with Crippen LogP contribution in [0.4, 0.5) is 4.39 Å². The van der Waals surface area contributed by atoms with Gasteiger partial charge in [-0.25, -0.2) is 4.39 Å².